The molecular weight excluding hydrogens is 400 g/mol. The van der Waals surface area contributed by atoms with Gasteiger partial charge in [0.25, 0.3) is 10.0 Å². The lowest BCUT2D eigenvalue weighted by molar-refractivity contribution is -0.127. The van der Waals surface area contributed by atoms with Gasteiger partial charge in [0.1, 0.15) is 12.4 Å². The smallest absolute Gasteiger partial charge is 0.261 e. The number of carbonyl (C=O) groups excluding carboxylic acids is 1. The molecule has 162 valence electrons. The van der Waals surface area contributed by atoms with Crippen molar-refractivity contribution in [1.82, 2.24) is 0 Å². The van der Waals surface area contributed by atoms with Crippen molar-refractivity contribution in [3.8, 4) is 5.75 Å². The van der Waals surface area contributed by atoms with E-state index < -0.39 is 15.4 Å². The molecule has 30 heavy (non-hydrogen) atoms. The SMILES string of the molecule is CCc1ccc(S(=O)(=O)Nc2ccc3c(c2)OCC(C)(C)C(=O)N3CC(C)C)cc1. The van der Waals surface area contributed by atoms with E-state index in [-0.39, 0.29) is 23.3 Å². The van der Waals surface area contributed by atoms with E-state index in [1.54, 1.807) is 35.2 Å². The summed E-state index contributed by atoms with van der Waals surface area (Å²) in [5.74, 6) is 0.773. The van der Waals surface area contributed by atoms with Crippen LogP contribution in [0, 0.1) is 11.3 Å². The summed E-state index contributed by atoms with van der Waals surface area (Å²) in [7, 11) is -3.73. The zero-order valence-electron chi connectivity index (χ0n) is 18.2. The van der Waals surface area contributed by atoms with Crippen LogP contribution in [0.25, 0.3) is 0 Å². The molecule has 2 aromatic rings. The van der Waals surface area contributed by atoms with Crippen molar-refractivity contribution in [3.05, 3.63) is 48.0 Å². The van der Waals surface area contributed by atoms with E-state index in [1.165, 1.54) is 0 Å². The summed E-state index contributed by atoms with van der Waals surface area (Å²) in [4.78, 5) is 15.0. The second-order valence-corrected chi connectivity index (χ2v) is 10.5. The third kappa shape index (κ3) is 4.61. The van der Waals surface area contributed by atoms with Gasteiger partial charge >= 0.3 is 0 Å². The summed E-state index contributed by atoms with van der Waals surface area (Å²) < 4.78 is 34.1. The van der Waals surface area contributed by atoms with Gasteiger partial charge in [-0.1, -0.05) is 32.9 Å². The van der Waals surface area contributed by atoms with Crippen molar-refractivity contribution in [2.45, 2.75) is 45.9 Å². The zero-order chi connectivity index (χ0) is 22.1. The highest BCUT2D eigenvalue weighted by Crippen LogP contribution is 2.39. The van der Waals surface area contributed by atoms with Crippen LogP contribution in [-0.4, -0.2) is 27.5 Å². The normalized spacial score (nSPS) is 16.1. The van der Waals surface area contributed by atoms with Crippen molar-refractivity contribution in [1.29, 1.82) is 0 Å². The van der Waals surface area contributed by atoms with E-state index in [1.807, 2.05) is 32.9 Å². The summed E-state index contributed by atoms with van der Waals surface area (Å²) in [5, 5.41) is 0. The van der Waals surface area contributed by atoms with Crippen LogP contribution in [0.3, 0.4) is 0 Å². The highest BCUT2D eigenvalue weighted by Gasteiger charge is 2.38. The standard InChI is InChI=1S/C23H30N2O4S/c1-6-17-7-10-19(11-8-17)30(27,28)24-18-9-12-20-21(13-18)29-15-23(4,5)22(26)25(20)14-16(2)3/h7-13,16,24H,6,14-15H2,1-5H3. The maximum atomic E-state index is 13.1. The molecule has 0 aliphatic carbocycles. The number of nitrogens with one attached hydrogen (secondary N) is 1. The fraction of sp³-hybridized carbons (Fsp3) is 0.435. The lowest BCUT2D eigenvalue weighted by Crippen LogP contribution is -2.43. The molecule has 1 heterocycles. The van der Waals surface area contributed by atoms with Gasteiger partial charge in [0, 0.05) is 12.6 Å². The van der Waals surface area contributed by atoms with E-state index in [4.69, 9.17) is 4.74 Å². The first kappa shape index (κ1) is 22.2. The number of rotatable bonds is 6. The molecule has 1 aliphatic heterocycles. The van der Waals surface area contributed by atoms with E-state index in [0.717, 1.165) is 12.0 Å². The lowest BCUT2D eigenvalue weighted by Gasteiger charge is -2.29. The number of fused-ring (bicyclic) bond motifs is 1. The predicted octanol–water partition coefficient (Wildman–Crippen LogP) is 4.46. The Morgan fingerprint density at radius 2 is 1.80 bits per heavy atom. The van der Waals surface area contributed by atoms with Crippen molar-refractivity contribution in [2.24, 2.45) is 11.3 Å². The Hall–Kier alpha value is -2.54. The minimum Gasteiger partial charge on any atom is -0.490 e. The highest BCUT2D eigenvalue weighted by atomic mass is 32.2. The van der Waals surface area contributed by atoms with E-state index in [2.05, 4.69) is 18.6 Å². The van der Waals surface area contributed by atoms with Gasteiger partial charge in [-0.2, -0.15) is 0 Å². The van der Waals surface area contributed by atoms with Crippen molar-refractivity contribution in [3.63, 3.8) is 0 Å². The minimum atomic E-state index is -3.73. The Morgan fingerprint density at radius 1 is 1.13 bits per heavy atom. The van der Waals surface area contributed by atoms with E-state index in [0.29, 0.717) is 23.7 Å². The molecule has 0 atom stereocenters. The molecule has 0 bridgehead atoms. The van der Waals surface area contributed by atoms with Crippen LogP contribution in [0.4, 0.5) is 11.4 Å². The Kier molecular flexibility index (Phi) is 6.13. The van der Waals surface area contributed by atoms with Gasteiger partial charge < -0.3 is 9.64 Å². The average molecular weight is 431 g/mol. The molecule has 3 rings (SSSR count). The summed E-state index contributed by atoms with van der Waals surface area (Å²) in [6.45, 7) is 10.6. The molecule has 2 aromatic carbocycles. The number of ether oxygens (including phenoxy) is 1. The highest BCUT2D eigenvalue weighted by molar-refractivity contribution is 7.92. The fourth-order valence-electron chi connectivity index (χ4n) is 3.38. The first-order valence-electron chi connectivity index (χ1n) is 10.2. The summed E-state index contributed by atoms with van der Waals surface area (Å²) >= 11 is 0. The lowest BCUT2D eigenvalue weighted by atomic mass is 9.92. The van der Waals surface area contributed by atoms with Crippen LogP contribution in [0.15, 0.2) is 47.4 Å². The maximum absolute atomic E-state index is 13.1. The number of hydrogen-bond acceptors (Lipinski definition) is 4. The molecule has 1 amide bonds. The second-order valence-electron chi connectivity index (χ2n) is 8.77. The predicted molar refractivity (Wildman–Crippen MR) is 120 cm³/mol. The van der Waals surface area contributed by atoms with Crippen LogP contribution in [0.2, 0.25) is 0 Å². The number of nitrogens with zero attached hydrogens (tertiary/aromatic N) is 1. The Labute approximate surface area is 179 Å². The zero-order valence-corrected chi connectivity index (χ0v) is 19.0. The average Bonchev–Trinajstić information content (AvgIpc) is 2.78. The molecule has 0 unspecified atom stereocenters. The Bertz CT molecular complexity index is 1030. The van der Waals surface area contributed by atoms with Gasteiger partial charge in [0.2, 0.25) is 5.91 Å². The molecule has 1 N–H and O–H groups in total. The molecule has 0 radical (unpaired) electrons. The first-order chi connectivity index (χ1) is 14.0. The van der Waals surface area contributed by atoms with Crippen LogP contribution in [-0.2, 0) is 21.2 Å². The number of sulfonamides is 1. The first-order valence-corrected chi connectivity index (χ1v) is 11.7. The third-order valence-electron chi connectivity index (χ3n) is 5.11. The Morgan fingerprint density at radius 3 is 2.40 bits per heavy atom. The van der Waals surface area contributed by atoms with Gasteiger partial charge in [-0.25, -0.2) is 8.42 Å². The summed E-state index contributed by atoms with van der Waals surface area (Å²) in [6.07, 6.45) is 0.845. The number of hydrogen-bond donors (Lipinski definition) is 1. The largest absolute Gasteiger partial charge is 0.490 e. The number of benzene rings is 2. The molecule has 0 saturated heterocycles. The molecule has 6 nitrogen and oxygen atoms in total. The monoisotopic (exact) mass is 430 g/mol. The molecule has 0 fully saturated rings. The topological polar surface area (TPSA) is 75.7 Å². The van der Waals surface area contributed by atoms with Crippen molar-refractivity contribution >= 4 is 27.3 Å². The molecule has 0 aromatic heterocycles. The van der Waals surface area contributed by atoms with Crippen molar-refractivity contribution in [2.75, 3.05) is 22.8 Å². The minimum absolute atomic E-state index is 0.000653. The Balaban J connectivity index is 1.93. The van der Waals surface area contributed by atoms with Crippen molar-refractivity contribution < 1.29 is 17.9 Å². The van der Waals surface area contributed by atoms with Gasteiger partial charge in [-0.15, -0.1) is 0 Å². The van der Waals surface area contributed by atoms with Crippen LogP contribution in [0.5, 0.6) is 5.75 Å². The number of aryl methyl sites for hydroxylation is 1. The van der Waals surface area contributed by atoms with Crippen LogP contribution in [0.1, 0.15) is 40.2 Å². The molecule has 0 saturated carbocycles. The van der Waals surface area contributed by atoms with Gasteiger partial charge in [-0.05, 0) is 56.0 Å². The molecule has 1 aliphatic rings. The molecule has 7 heteroatoms. The number of anilines is 2. The fourth-order valence-corrected chi connectivity index (χ4v) is 4.43. The van der Waals surface area contributed by atoms with Crippen LogP contribution < -0.4 is 14.4 Å². The van der Waals surface area contributed by atoms with Gasteiger partial charge in [0.05, 0.1) is 21.7 Å². The maximum Gasteiger partial charge on any atom is 0.261 e. The van der Waals surface area contributed by atoms with E-state index in [9.17, 15) is 13.2 Å². The molecular formula is C23H30N2O4S. The summed E-state index contributed by atoms with van der Waals surface area (Å²) in [5.41, 5.74) is 1.46. The quantitative estimate of drug-likeness (QED) is 0.734. The number of carbonyl (C=O) groups is 1. The van der Waals surface area contributed by atoms with Gasteiger partial charge in [-0.3, -0.25) is 9.52 Å². The van der Waals surface area contributed by atoms with E-state index >= 15 is 0 Å². The molecule has 0 spiro atoms. The second kappa shape index (κ2) is 8.30. The van der Waals surface area contributed by atoms with Gasteiger partial charge in [0.15, 0.2) is 0 Å². The van der Waals surface area contributed by atoms with Crippen LogP contribution >= 0.6 is 0 Å². The number of amides is 1. The third-order valence-corrected chi connectivity index (χ3v) is 6.50. The summed E-state index contributed by atoms with van der Waals surface area (Å²) in [6, 6.07) is 11.9.